The van der Waals surface area contributed by atoms with Crippen molar-refractivity contribution in [1.82, 2.24) is 4.98 Å². The van der Waals surface area contributed by atoms with Crippen LogP contribution in [0.3, 0.4) is 0 Å². The lowest BCUT2D eigenvalue weighted by molar-refractivity contribution is -0.116. The Morgan fingerprint density at radius 1 is 1.11 bits per heavy atom. The molecule has 1 heterocycles. The highest BCUT2D eigenvalue weighted by molar-refractivity contribution is 5.91. The molecule has 0 spiro atoms. The number of anilines is 1. The minimum atomic E-state index is -0.341. The number of rotatable bonds is 7. The molecule has 1 unspecified atom stereocenters. The van der Waals surface area contributed by atoms with Crippen LogP contribution >= 0.6 is 24.8 Å². The summed E-state index contributed by atoms with van der Waals surface area (Å²) < 4.78 is 5.96. The zero-order valence-electron chi connectivity index (χ0n) is 15.9. The maximum atomic E-state index is 12.4. The van der Waals surface area contributed by atoms with Crippen molar-refractivity contribution in [3.8, 4) is 5.75 Å². The summed E-state index contributed by atoms with van der Waals surface area (Å²) >= 11 is 0. The maximum absolute atomic E-state index is 12.4. The van der Waals surface area contributed by atoms with Gasteiger partial charge in [0.25, 0.3) is 0 Å². The Morgan fingerprint density at radius 3 is 2.54 bits per heavy atom. The fourth-order valence-corrected chi connectivity index (χ4v) is 3.36. The van der Waals surface area contributed by atoms with Gasteiger partial charge in [-0.05, 0) is 36.5 Å². The van der Waals surface area contributed by atoms with Crippen molar-refractivity contribution in [3.63, 3.8) is 0 Å². The lowest BCUT2D eigenvalue weighted by Gasteiger charge is -2.22. The summed E-state index contributed by atoms with van der Waals surface area (Å²) in [5.41, 5.74) is 7.07. The number of carbonyl (C=O) groups excluding carboxylic acids is 1. The smallest absolute Gasteiger partial charge is 0.227 e. The molecule has 1 aliphatic carbocycles. The number of nitrogens with one attached hydrogen (secondary N) is 1. The summed E-state index contributed by atoms with van der Waals surface area (Å²) in [4.78, 5) is 16.6. The molecule has 1 aromatic carbocycles. The molecule has 1 aliphatic rings. The number of amides is 1. The number of aromatic nitrogens is 1. The van der Waals surface area contributed by atoms with E-state index in [2.05, 4.69) is 10.3 Å². The zero-order valence-corrected chi connectivity index (χ0v) is 17.5. The predicted octanol–water partition coefficient (Wildman–Crippen LogP) is 4.91. The van der Waals surface area contributed by atoms with Gasteiger partial charge in [0.1, 0.15) is 0 Å². The topological polar surface area (TPSA) is 77.2 Å². The fourth-order valence-electron chi connectivity index (χ4n) is 3.36. The van der Waals surface area contributed by atoms with Gasteiger partial charge >= 0.3 is 0 Å². The molecule has 2 aromatic rings. The third kappa shape index (κ3) is 7.30. The van der Waals surface area contributed by atoms with Gasteiger partial charge in [0.15, 0.2) is 11.6 Å². The minimum absolute atomic E-state index is 0. The van der Waals surface area contributed by atoms with Crippen LogP contribution in [0.15, 0.2) is 48.7 Å². The molecule has 1 amide bonds. The second-order valence-electron chi connectivity index (χ2n) is 6.93. The van der Waals surface area contributed by atoms with E-state index in [1.807, 2.05) is 42.5 Å². The van der Waals surface area contributed by atoms with E-state index in [0.717, 1.165) is 5.56 Å². The van der Waals surface area contributed by atoms with Gasteiger partial charge in [0.05, 0.1) is 6.61 Å². The number of pyridine rings is 1. The lowest BCUT2D eigenvalue weighted by atomic mass is 9.90. The highest BCUT2D eigenvalue weighted by Gasteiger charge is 2.17. The molecule has 0 bridgehead atoms. The molecule has 3 N–H and O–H groups in total. The summed E-state index contributed by atoms with van der Waals surface area (Å²) in [6, 6.07) is 13.0. The van der Waals surface area contributed by atoms with Crippen LogP contribution in [0.5, 0.6) is 5.75 Å². The van der Waals surface area contributed by atoms with Crippen LogP contribution in [0, 0.1) is 5.92 Å². The number of benzene rings is 1. The normalized spacial score (nSPS) is 14.9. The van der Waals surface area contributed by atoms with Crippen molar-refractivity contribution in [3.05, 3.63) is 54.2 Å². The third-order valence-electron chi connectivity index (χ3n) is 4.86. The molecule has 1 fully saturated rings. The van der Waals surface area contributed by atoms with Gasteiger partial charge in [-0.3, -0.25) is 4.79 Å². The van der Waals surface area contributed by atoms with Crippen molar-refractivity contribution in [1.29, 1.82) is 0 Å². The van der Waals surface area contributed by atoms with Crippen molar-refractivity contribution in [2.75, 3.05) is 11.9 Å². The molecule has 0 saturated heterocycles. The average Bonchev–Trinajstić information content (AvgIpc) is 2.68. The summed E-state index contributed by atoms with van der Waals surface area (Å²) in [5, 5.41) is 2.84. The van der Waals surface area contributed by atoms with Gasteiger partial charge in [-0.15, -0.1) is 24.8 Å². The minimum Gasteiger partial charge on any atom is -0.489 e. The Bertz CT molecular complexity index is 710. The molecule has 154 valence electrons. The van der Waals surface area contributed by atoms with Crippen LogP contribution in [0.25, 0.3) is 0 Å². The van der Waals surface area contributed by atoms with E-state index in [0.29, 0.717) is 24.1 Å². The van der Waals surface area contributed by atoms with E-state index in [-0.39, 0.29) is 43.2 Å². The van der Waals surface area contributed by atoms with Gasteiger partial charge in [-0.1, -0.05) is 49.6 Å². The SMILES string of the molecule is Cl.Cl.NC(CC(=O)Nc1ncccc1OCC1CCCCC1)c1ccccc1. The number of nitrogens with two attached hydrogens (primary N) is 1. The van der Waals surface area contributed by atoms with Gasteiger partial charge in [0.2, 0.25) is 5.91 Å². The highest BCUT2D eigenvalue weighted by Crippen LogP contribution is 2.27. The number of hydrogen-bond acceptors (Lipinski definition) is 4. The first-order valence-corrected chi connectivity index (χ1v) is 9.40. The van der Waals surface area contributed by atoms with E-state index in [4.69, 9.17) is 10.5 Å². The summed E-state index contributed by atoms with van der Waals surface area (Å²) in [6.45, 7) is 0.679. The Balaban J connectivity index is 0.00000196. The first kappa shape index (κ1) is 24.2. The molecular weight excluding hydrogens is 397 g/mol. The van der Waals surface area contributed by atoms with Crippen LogP contribution in [-0.4, -0.2) is 17.5 Å². The van der Waals surface area contributed by atoms with E-state index < -0.39 is 0 Å². The average molecular weight is 426 g/mol. The summed E-state index contributed by atoms with van der Waals surface area (Å²) in [7, 11) is 0. The molecule has 0 radical (unpaired) electrons. The van der Waals surface area contributed by atoms with Crippen LogP contribution in [0.4, 0.5) is 5.82 Å². The second kappa shape index (κ2) is 12.6. The standard InChI is InChI=1S/C21H27N3O2.2ClH/c22-18(17-10-5-2-6-11-17)14-20(25)24-21-19(12-7-13-23-21)26-15-16-8-3-1-4-9-16;;/h2,5-7,10-13,16,18H,1,3-4,8-9,14-15,22H2,(H,23,24,25);2*1H. The van der Waals surface area contributed by atoms with Gasteiger partial charge < -0.3 is 15.8 Å². The molecule has 1 saturated carbocycles. The van der Waals surface area contributed by atoms with Crippen molar-refractivity contribution in [2.45, 2.75) is 44.6 Å². The Hall–Kier alpha value is -1.82. The molecule has 7 heteroatoms. The summed E-state index contributed by atoms with van der Waals surface area (Å²) in [5.74, 6) is 1.52. The maximum Gasteiger partial charge on any atom is 0.227 e. The van der Waals surface area contributed by atoms with Gasteiger partial charge in [-0.25, -0.2) is 4.98 Å². The highest BCUT2D eigenvalue weighted by atomic mass is 35.5. The quantitative estimate of drug-likeness (QED) is 0.659. The molecular formula is C21H29Cl2N3O2. The third-order valence-corrected chi connectivity index (χ3v) is 4.86. The largest absolute Gasteiger partial charge is 0.489 e. The molecule has 1 aromatic heterocycles. The Labute approximate surface area is 179 Å². The van der Waals surface area contributed by atoms with E-state index in [1.165, 1.54) is 32.1 Å². The van der Waals surface area contributed by atoms with Crippen LogP contribution < -0.4 is 15.8 Å². The second-order valence-corrected chi connectivity index (χ2v) is 6.93. The lowest BCUT2D eigenvalue weighted by Crippen LogP contribution is -2.22. The van der Waals surface area contributed by atoms with E-state index in [9.17, 15) is 4.79 Å². The number of hydrogen-bond donors (Lipinski definition) is 2. The Kier molecular flexibility index (Phi) is 10.9. The van der Waals surface area contributed by atoms with Crippen molar-refractivity contribution < 1.29 is 9.53 Å². The predicted molar refractivity (Wildman–Crippen MR) is 117 cm³/mol. The zero-order chi connectivity index (χ0) is 18.2. The van der Waals surface area contributed by atoms with Gasteiger partial charge in [0, 0.05) is 18.7 Å². The van der Waals surface area contributed by atoms with Crippen LogP contribution in [0.1, 0.15) is 50.1 Å². The molecule has 28 heavy (non-hydrogen) atoms. The monoisotopic (exact) mass is 425 g/mol. The first-order valence-electron chi connectivity index (χ1n) is 9.40. The first-order chi connectivity index (χ1) is 12.7. The molecule has 1 atom stereocenters. The van der Waals surface area contributed by atoms with Crippen LogP contribution in [0.2, 0.25) is 0 Å². The number of ether oxygens (including phenoxy) is 1. The summed E-state index contributed by atoms with van der Waals surface area (Å²) in [6.07, 6.45) is 8.17. The molecule has 0 aliphatic heterocycles. The van der Waals surface area contributed by atoms with Crippen LogP contribution in [-0.2, 0) is 4.79 Å². The van der Waals surface area contributed by atoms with Crippen molar-refractivity contribution >= 4 is 36.5 Å². The number of carbonyl (C=O) groups is 1. The van der Waals surface area contributed by atoms with E-state index in [1.54, 1.807) is 6.20 Å². The molecule has 5 nitrogen and oxygen atoms in total. The van der Waals surface area contributed by atoms with Crippen molar-refractivity contribution in [2.24, 2.45) is 11.7 Å². The van der Waals surface area contributed by atoms with Gasteiger partial charge in [-0.2, -0.15) is 0 Å². The molecule has 3 rings (SSSR count). The number of halogens is 2. The number of nitrogens with zero attached hydrogens (tertiary/aromatic N) is 1. The fraction of sp³-hybridized carbons (Fsp3) is 0.429. The van der Waals surface area contributed by atoms with E-state index >= 15 is 0 Å². The Morgan fingerprint density at radius 2 is 1.82 bits per heavy atom.